The zero-order valence-electron chi connectivity index (χ0n) is 11.1. The van der Waals surface area contributed by atoms with E-state index in [4.69, 9.17) is 0 Å². The minimum Gasteiger partial charge on any atom is -0.508 e. The molecule has 1 rings (SSSR count). The summed E-state index contributed by atoms with van der Waals surface area (Å²) < 4.78 is 0. The van der Waals surface area contributed by atoms with Gasteiger partial charge in [0.2, 0.25) is 0 Å². The summed E-state index contributed by atoms with van der Waals surface area (Å²) in [5.41, 5.74) is 3.19. The summed E-state index contributed by atoms with van der Waals surface area (Å²) in [6.07, 6.45) is 0. The second-order valence-electron chi connectivity index (χ2n) is 4.75. The number of hydrazine groups is 1. The number of carbonyl (C=O) groups excluding carboxylic acids is 1. The molecular weight excluding hydrogens is 232 g/mol. The Hall–Kier alpha value is -1.75. The predicted octanol–water partition coefficient (Wildman–Crippen LogP) is 1.86. The Kier molecular flexibility index (Phi) is 4.55. The largest absolute Gasteiger partial charge is 0.508 e. The van der Waals surface area contributed by atoms with Crippen LogP contribution in [-0.2, 0) is 0 Å². The maximum Gasteiger partial charge on any atom is 0.271 e. The van der Waals surface area contributed by atoms with Crippen LogP contribution in [0.25, 0.3) is 0 Å². The minimum atomic E-state index is -0.323. The lowest BCUT2D eigenvalue weighted by atomic mass is 10.1. The highest BCUT2D eigenvalue weighted by atomic mass is 16.3. The Morgan fingerprint density at radius 2 is 1.83 bits per heavy atom. The van der Waals surface area contributed by atoms with Gasteiger partial charge in [0.15, 0.2) is 0 Å². The Morgan fingerprint density at radius 1 is 1.22 bits per heavy atom. The van der Waals surface area contributed by atoms with Gasteiger partial charge in [0.1, 0.15) is 11.5 Å². The fourth-order valence-corrected chi connectivity index (χ4v) is 1.55. The third-order valence-corrected chi connectivity index (χ3v) is 2.34. The SMILES string of the molecule is CC(C)NN(C(=O)c1ccc(O)cc1O)C(C)C. The third-order valence-electron chi connectivity index (χ3n) is 2.34. The average molecular weight is 252 g/mol. The number of benzene rings is 1. The topological polar surface area (TPSA) is 72.8 Å². The van der Waals surface area contributed by atoms with Crippen LogP contribution in [0.3, 0.4) is 0 Å². The zero-order chi connectivity index (χ0) is 13.9. The molecule has 18 heavy (non-hydrogen) atoms. The Morgan fingerprint density at radius 3 is 2.28 bits per heavy atom. The first-order chi connectivity index (χ1) is 8.32. The standard InChI is InChI=1S/C13H20N2O3/c1-8(2)14-15(9(3)4)13(18)11-6-5-10(16)7-12(11)17/h5-9,14,16-17H,1-4H3. The van der Waals surface area contributed by atoms with E-state index in [9.17, 15) is 15.0 Å². The molecule has 0 fully saturated rings. The van der Waals surface area contributed by atoms with E-state index in [1.807, 2.05) is 27.7 Å². The van der Waals surface area contributed by atoms with Crippen LogP contribution >= 0.6 is 0 Å². The Labute approximate surface area is 107 Å². The average Bonchev–Trinajstić information content (AvgIpc) is 2.24. The van der Waals surface area contributed by atoms with Gasteiger partial charge in [-0.15, -0.1) is 0 Å². The number of hydrogen-bond donors (Lipinski definition) is 3. The molecule has 3 N–H and O–H groups in total. The first-order valence-electron chi connectivity index (χ1n) is 5.94. The van der Waals surface area contributed by atoms with Crippen molar-refractivity contribution in [2.75, 3.05) is 0 Å². The van der Waals surface area contributed by atoms with Gasteiger partial charge >= 0.3 is 0 Å². The summed E-state index contributed by atoms with van der Waals surface area (Å²) in [5, 5.41) is 20.4. The number of phenolic OH excluding ortho intramolecular Hbond substituents is 2. The second kappa shape index (κ2) is 5.73. The maximum atomic E-state index is 12.3. The summed E-state index contributed by atoms with van der Waals surface area (Å²) in [6, 6.07) is 4.00. The number of aromatic hydroxyl groups is 2. The van der Waals surface area contributed by atoms with Gasteiger partial charge in [-0.05, 0) is 39.8 Å². The summed E-state index contributed by atoms with van der Waals surface area (Å²) in [5.74, 6) is -0.621. The first kappa shape index (κ1) is 14.3. The summed E-state index contributed by atoms with van der Waals surface area (Å²) in [4.78, 5) is 12.3. The number of phenols is 2. The molecule has 5 nitrogen and oxygen atoms in total. The Balaban J connectivity index is 3.02. The smallest absolute Gasteiger partial charge is 0.271 e. The van der Waals surface area contributed by atoms with Gasteiger partial charge in [-0.25, -0.2) is 5.43 Å². The molecule has 0 saturated carbocycles. The van der Waals surface area contributed by atoms with Crippen LogP contribution in [-0.4, -0.2) is 33.2 Å². The van der Waals surface area contributed by atoms with Crippen LogP contribution in [0.2, 0.25) is 0 Å². The molecule has 0 saturated heterocycles. The molecule has 0 aliphatic carbocycles. The van der Waals surface area contributed by atoms with Crippen LogP contribution in [0, 0.1) is 0 Å². The van der Waals surface area contributed by atoms with Gasteiger partial charge in [-0.3, -0.25) is 9.80 Å². The van der Waals surface area contributed by atoms with Gasteiger partial charge in [0, 0.05) is 18.2 Å². The number of nitrogens with zero attached hydrogens (tertiary/aromatic N) is 1. The van der Waals surface area contributed by atoms with Crippen LogP contribution < -0.4 is 5.43 Å². The maximum absolute atomic E-state index is 12.3. The van der Waals surface area contributed by atoms with E-state index in [0.29, 0.717) is 0 Å². The van der Waals surface area contributed by atoms with E-state index in [2.05, 4.69) is 5.43 Å². The molecule has 1 aromatic rings. The molecule has 0 unspecified atom stereocenters. The van der Waals surface area contributed by atoms with Gasteiger partial charge in [0.25, 0.3) is 5.91 Å². The zero-order valence-corrected chi connectivity index (χ0v) is 11.1. The van der Waals surface area contributed by atoms with Crippen molar-refractivity contribution < 1.29 is 15.0 Å². The van der Waals surface area contributed by atoms with Crippen molar-refractivity contribution in [2.24, 2.45) is 0 Å². The van der Waals surface area contributed by atoms with Crippen molar-refractivity contribution in [3.05, 3.63) is 23.8 Å². The number of nitrogens with one attached hydrogen (secondary N) is 1. The normalized spacial score (nSPS) is 11.0. The second-order valence-corrected chi connectivity index (χ2v) is 4.75. The van der Waals surface area contributed by atoms with Crippen LogP contribution in [0.5, 0.6) is 11.5 Å². The van der Waals surface area contributed by atoms with Crippen molar-refractivity contribution in [3.8, 4) is 11.5 Å². The van der Waals surface area contributed by atoms with Crippen molar-refractivity contribution in [3.63, 3.8) is 0 Å². The predicted molar refractivity (Wildman–Crippen MR) is 69.3 cm³/mol. The van der Waals surface area contributed by atoms with E-state index >= 15 is 0 Å². The van der Waals surface area contributed by atoms with Gasteiger partial charge in [0.05, 0.1) is 5.56 Å². The molecule has 1 aromatic carbocycles. The molecule has 0 bridgehead atoms. The van der Waals surface area contributed by atoms with Gasteiger partial charge in [-0.1, -0.05) is 0 Å². The van der Waals surface area contributed by atoms with Crippen LogP contribution in [0.15, 0.2) is 18.2 Å². The molecule has 0 atom stereocenters. The lowest BCUT2D eigenvalue weighted by molar-refractivity contribution is 0.0547. The number of hydrogen-bond acceptors (Lipinski definition) is 4. The van der Waals surface area contributed by atoms with Crippen LogP contribution in [0.1, 0.15) is 38.1 Å². The summed E-state index contributed by atoms with van der Waals surface area (Å²) >= 11 is 0. The monoisotopic (exact) mass is 252 g/mol. The van der Waals surface area contributed by atoms with Gasteiger partial charge in [-0.2, -0.15) is 0 Å². The molecular formula is C13H20N2O3. The van der Waals surface area contributed by atoms with Crippen molar-refractivity contribution >= 4 is 5.91 Å². The lowest BCUT2D eigenvalue weighted by Crippen LogP contribution is -2.50. The van der Waals surface area contributed by atoms with Crippen LogP contribution in [0.4, 0.5) is 0 Å². The summed E-state index contributed by atoms with van der Waals surface area (Å²) in [6.45, 7) is 7.62. The number of amides is 1. The molecule has 0 heterocycles. The molecule has 5 heteroatoms. The fraction of sp³-hybridized carbons (Fsp3) is 0.462. The minimum absolute atomic E-state index is 0.0481. The molecule has 100 valence electrons. The molecule has 0 aliphatic heterocycles. The molecule has 0 aromatic heterocycles. The Bertz CT molecular complexity index is 430. The molecule has 1 amide bonds. The molecule has 0 spiro atoms. The highest BCUT2D eigenvalue weighted by molar-refractivity contribution is 5.96. The summed E-state index contributed by atoms with van der Waals surface area (Å²) in [7, 11) is 0. The van der Waals surface area contributed by atoms with E-state index < -0.39 is 0 Å². The quantitative estimate of drug-likeness (QED) is 0.715. The van der Waals surface area contributed by atoms with Crippen molar-refractivity contribution in [1.29, 1.82) is 0 Å². The fourth-order valence-electron chi connectivity index (χ4n) is 1.55. The van der Waals surface area contributed by atoms with Crippen molar-refractivity contribution in [1.82, 2.24) is 10.4 Å². The van der Waals surface area contributed by atoms with E-state index in [-0.39, 0.29) is 35.1 Å². The van der Waals surface area contributed by atoms with Gasteiger partial charge < -0.3 is 10.2 Å². The third kappa shape index (κ3) is 3.37. The highest BCUT2D eigenvalue weighted by Crippen LogP contribution is 2.24. The van der Waals surface area contributed by atoms with Crippen molar-refractivity contribution in [2.45, 2.75) is 39.8 Å². The first-order valence-corrected chi connectivity index (χ1v) is 5.94. The lowest BCUT2D eigenvalue weighted by Gasteiger charge is -2.29. The number of rotatable bonds is 4. The molecule has 0 aliphatic rings. The highest BCUT2D eigenvalue weighted by Gasteiger charge is 2.22. The van der Waals surface area contributed by atoms with E-state index in [0.717, 1.165) is 6.07 Å². The number of carbonyl (C=O) groups is 1. The molecule has 0 radical (unpaired) electrons. The van der Waals surface area contributed by atoms with E-state index in [1.165, 1.54) is 17.1 Å². The van der Waals surface area contributed by atoms with E-state index in [1.54, 1.807) is 0 Å².